The minimum absolute atomic E-state index is 0.204. The number of anilines is 1. The van der Waals surface area contributed by atoms with Gasteiger partial charge in [-0.15, -0.1) is 0 Å². The Morgan fingerprint density at radius 2 is 1.72 bits per heavy atom. The van der Waals surface area contributed by atoms with E-state index in [9.17, 15) is 19.2 Å². The van der Waals surface area contributed by atoms with Crippen LogP contribution in [0, 0.1) is 11.8 Å². The summed E-state index contributed by atoms with van der Waals surface area (Å²) in [5, 5.41) is 2.57. The molecule has 130 valence electrons. The van der Waals surface area contributed by atoms with Crippen LogP contribution in [-0.2, 0) is 19.1 Å². The van der Waals surface area contributed by atoms with Crippen molar-refractivity contribution in [3.63, 3.8) is 0 Å². The Labute approximate surface area is 144 Å². The van der Waals surface area contributed by atoms with E-state index in [1.54, 1.807) is 18.2 Å². The van der Waals surface area contributed by atoms with Crippen molar-refractivity contribution in [3.05, 3.63) is 42.0 Å². The van der Waals surface area contributed by atoms with Crippen LogP contribution in [0.2, 0.25) is 0 Å². The number of ether oxygens (including phenoxy) is 1. The number of likely N-dealkylation sites (tertiary alicyclic amines) is 1. The van der Waals surface area contributed by atoms with E-state index in [0.29, 0.717) is 12.8 Å². The lowest BCUT2D eigenvalue weighted by molar-refractivity contribution is -0.142. The minimum atomic E-state index is -0.582. The second-order valence-corrected chi connectivity index (χ2v) is 6.00. The van der Waals surface area contributed by atoms with Gasteiger partial charge in [-0.2, -0.15) is 0 Å². The van der Waals surface area contributed by atoms with Gasteiger partial charge < -0.3 is 10.1 Å². The van der Waals surface area contributed by atoms with Gasteiger partial charge in [0.1, 0.15) is 6.54 Å². The summed E-state index contributed by atoms with van der Waals surface area (Å²) in [6.07, 6.45) is 4.84. The lowest BCUT2D eigenvalue weighted by Crippen LogP contribution is -2.38. The fourth-order valence-corrected chi connectivity index (χ4v) is 3.24. The number of imide groups is 1. The summed E-state index contributed by atoms with van der Waals surface area (Å²) >= 11 is 0. The molecule has 1 aromatic rings. The molecule has 3 rings (SSSR count). The van der Waals surface area contributed by atoms with Crippen molar-refractivity contribution in [2.45, 2.75) is 12.8 Å². The molecule has 0 saturated carbocycles. The Morgan fingerprint density at radius 1 is 1.12 bits per heavy atom. The van der Waals surface area contributed by atoms with Gasteiger partial charge in [-0.3, -0.25) is 19.3 Å². The average Bonchev–Trinajstić information content (AvgIpc) is 2.87. The molecule has 3 amide bonds. The Kier molecular flexibility index (Phi) is 4.65. The number of para-hydroxylation sites is 1. The van der Waals surface area contributed by atoms with Crippen LogP contribution in [0.3, 0.4) is 0 Å². The van der Waals surface area contributed by atoms with Gasteiger partial charge in [0.05, 0.1) is 30.2 Å². The number of amides is 3. The first kappa shape index (κ1) is 16.9. The zero-order valence-corrected chi connectivity index (χ0v) is 13.7. The van der Waals surface area contributed by atoms with E-state index < -0.39 is 11.9 Å². The maximum atomic E-state index is 12.4. The molecule has 1 fully saturated rings. The molecule has 1 aliphatic heterocycles. The van der Waals surface area contributed by atoms with E-state index in [4.69, 9.17) is 0 Å². The fraction of sp³-hybridized carbons (Fsp3) is 0.333. The van der Waals surface area contributed by atoms with Gasteiger partial charge in [-0.1, -0.05) is 24.3 Å². The number of methoxy groups -OCH3 is 1. The molecule has 0 unspecified atom stereocenters. The summed E-state index contributed by atoms with van der Waals surface area (Å²) in [7, 11) is 1.25. The predicted molar refractivity (Wildman–Crippen MR) is 88.5 cm³/mol. The third kappa shape index (κ3) is 3.17. The van der Waals surface area contributed by atoms with Crippen molar-refractivity contribution in [1.29, 1.82) is 0 Å². The lowest BCUT2D eigenvalue weighted by Gasteiger charge is -2.15. The zero-order chi connectivity index (χ0) is 18.0. The fourth-order valence-electron chi connectivity index (χ4n) is 3.24. The van der Waals surface area contributed by atoms with E-state index >= 15 is 0 Å². The summed E-state index contributed by atoms with van der Waals surface area (Å²) in [5.74, 6) is -2.47. The number of benzene rings is 1. The molecule has 0 radical (unpaired) electrons. The summed E-state index contributed by atoms with van der Waals surface area (Å²) in [4.78, 5) is 49.8. The van der Waals surface area contributed by atoms with Gasteiger partial charge in [0, 0.05) is 0 Å². The molecule has 1 saturated heterocycles. The highest BCUT2D eigenvalue weighted by Crippen LogP contribution is 2.34. The molecule has 2 atom stereocenters. The number of allylic oxidation sites excluding steroid dienone is 2. The topological polar surface area (TPSA) is 92.8 Å². The summed E-state index contributed by atoms with van der Waals surface area (Å²) in [6.45, 7) is -0.361. The third-order valence-electron chi connectivity index (χ3n) is 4.51. The molecule has 1 heterocycles. The number of nitrogens with one attached hydrogen (secondary N) is 1. The number of hydrogen-bond acceptors (Lipinski definition) is 5. The molecular formula is C18H18N2O5. The van der Waals surface area contributed by atoms with Gasteiger partial charge in [-0.25, -0.2) is 4.79 Å². The number of carbonyl (C=O) groups is 4. The quantitative estimate of drug-likeness (QED) is 0.507. The number of carbonyl (C=O) groups excluding carboxylic acids is 4. The van der Waals surface area contributed by atoms with E-state index in [2.05, 4.69) is 10.1 Å². The van der Waals surface area contributed by atoms with Crippen LogP contribution in [0.5, 0.6) is 0 Å². The van der Waals surface area contributed by atoms with Crippen LogP contribution in [0.15, 0.2) is 36.4 Å². The molecule has 1 N–H and O–H groups in total. The van der Waals surface area contributed by atoms with E-state index in [-0.39, 0.29) is 41.4 Å². The average molecular weight is 342 g/mol. The third-order valence-corrected chi connectivity index (χ3v) is 4.51. The number of hydrogen-bond donors (Lipinski definition) is 1. The Balaban J connectivity index is 1.71. The van der Waals surface area contributed by atoms with Gasteiger partial charge in [0.25, 0.3) is 0 Å². The monoisotopic (exact) mass is 342 g/mol. The molecule has 1 aliphatic carbocycles. The van der Waals surface area contributed by atoms with Crippen LogP contribution in [0.4, 0.5) is 5.69 Å². The molecule has 7 heteroatoms. The minimum Gasteiger partial charge on any atom is -0.465 e. The highest BCUT2D eigenvalue weighted by molar-refractivity contribution is 6.09. The summed E-state index contributed by atoms with van der Waals surface area (Å²) in [6, 6.07) is 6.39. The van der Waals surface area contributed by atoms with Crippen LogP contribution in [-0.4, -0.2) is 42.2 Å². The Bertz CT molecular complexity index is 744. The van der Waals surface area contributed by atoms with Crippen molar-refractivity contribution in [1.82, 2.24) is 4.90 Å². The normalized spacial score (nSPS) is 21.9. The molecular weight excluding hydrogens is 324 g/mol. The van der Waals surface area contributed by atoms with E-state index in [1.807, 2.05) is 12.2 Å². The van der Waals surface area contributed by atoms with Crippen molar-refractivity contribution in [2.24, 2.45) is 11.8 Å². The van der Waals surface area contributed by atoms with Crippen LogP contribution in [0.25, 0.3) is 0 Å². The molecule has 0 spiro atoms. The second kappa shape index (κ2) is 6.88. The number of fused-ring (bicyclic) bond motifs is 1. The van der Waals surface area contributed by atoms with Gasteiger partial charge >= 0.3 is 5.97 Å². The maximum absolute atomic E-state index is 12.4. The first-order valence-corrected chi connectivity index (χ1v) is 8.00. The maximum Gasteiger partial charge on any atom is 0.339 e. The zero-order valence-electron chi connectivity index (χ0n) is 13.7. The Hall–Kier alpha value is -2.96. The largest absolute Gasteiger partial charge is 0.465 e. The predicted octanol–water partition coefficient (Wildman–Crippen LogP) is 1.36. The highest BCUT2D eigenvalue weighted by atomic mass is 16.5. The van der Waals surface area contributed by atoms with Crippen molar-refractivity contribution in [2.75, 3.05) is 19.0 Å². The van der Waals surface area contributed by atoms with Crippen LogP contribution >= 0.6 is 0 Å². The number of nitrogens with zero attached hydrogens (tertiary/aromatic N) is 1. The molecule has 2 aliphatic rings. The summed E-state index contributed by atoms with van der Waals surface area (Å²) < 4.78 is 4.67. The number of rotatable bonds is 4. The van der Waals surface area contributed by atoms with Gasteiger partial charge in [0.2, 0.25) is 17.7 Å². The first-order valence-electron chi connectivity index (χ1n) is 8.00. The molecule has 0 aromatic heterocycles. The SMILES string of the molecule is COC(=O)c1ccccc1NC(=O)CN1C(=O)[C@H]2CC=CC[C@H]2C1=O. The van der Waals surface area contributed by atoms with E-state index in [0.717, 1.165) is 4.90 Å². The molecule has 1 aromatic carbocycles. The van der Waals surface area contributed by atoms with Gasteiger partial charge in [0.15, 0.2) is 0 Å². The summed E-state index contributed by atoms with van der Waals surface area (Å²) in [5.41, 5.74) is 0.479. The Morgan fingerprint density at radius 3 is 2.32 bits per heavy atom. The molecule has 0 bridgehead atoms. The van der Waals surface area contributed by atoms with Gasteiger partial charge in [-0.05, 0) is 25.0 Å². The highest BCUT2D eigenvalue weighted by Gasteiger charge is 2.47. The van der Waals surface area contributed by atoms with Crippen molar-refractivity contribution < 1.29 is 23.9 Å². The second-order valence-electron chi connectivity index (χ2n) is 6.00. The molecule has 25 heavy (non-hydrogen) atoms. The van der Waals surface area contributed by atoms with E-state index in [1.165, 1.54) is 13.2 Å². The smallest absolute Gasteiger partial charge is 0.339 e. The standard InChI is InChI=1S/C18H18N2O5/c1-25-18(24)13-8-4-5-9-14(13)19-15(21)10-20-16(22)11-6-2-3-7-12(11)17(20)23/h2-5,8-9,11-12H,6-7,10H2,1H3,(H,19,21)/t11-,12+. The first-order chi connectivity index (χ1) is 12.0. The lowest BCUT2D eigenvalue weighted by atomic mass is 9.85. The van der Waals surface area contributed by atoms with Crippen LogP contribution in [0.1, 0.15) is 23.2 Å². The van der Waals surface area contributed by atoms with Crippen molar-refractivity contribution >= 4 is 29.4 Å². The number of esters is 1. The van der Waals surface area contributed by atoms with Crippen molar-refractivity contribution in [3.8, 4) is 0 Å². The molecule has 7 nitrogen and oxygen atoms in total. The van der Waals surface area contributed by atoms with Crippen LogP contribution < -0.4 is 5.32 Å².